The third-order valence-electron chi connectivity index (χ3n) is 2.87. The second kappa shape index (κ2) is 7.92. The number of hydrogen-bond acceptors (Lipinski definition) is 8. The van der Waals surface area contributed by atoms with E-state index < -0.39 is 44.7 Å². The van der Waals surface area contributed by atoms with Crippen LogP contribution in [0.25, 0.3) is 0 Å². The molecule has 1 aromatic heterocycles. The molecule has 2 rings (SSSR count). The number of nitrogens with two attached hydrogens (primary N) is 1. The summed E-state index contributed by atoms with van der Waals surface area (Å²) < 4.78 is 20.9. The van der Waals surface area contributed by atoms with Crippen molar-refractivity contribution in [2.24, 2.45) is 0 Å². The first-order valence-corrected chi connectivity index (χ1v) is 7.28. The van der Waals surface area contributed by atoms with Gasteiger partial charge in [0.15, 0.2) is 6.23 Å². The number of rotatable bonds is 4. The maximum atomic E-state index is 11.6. The van der Waals surface area contributed by atoms with Crippen LogP contribution in [0.3, 0.4) is 0 Å². The van der Waals surface area contributed by atoms with E-state index in [0.29, 0.717) is 0 Å². The van der Waals surface area contributed by atoms with Crippen molar-refractivity contribution in [1.82, 2.24) is 9.55 Å². The van der Waals surface area contributed by atoms with Crippen LogP contribution in [0.15, 0.2) is 17.1 Å². The van der Waals surface area contributed by atoms with Gasteiger partial charge in [0.2, 0.25) is 0 Å². The van der Waals surface area contributed by atoms with Gasteiger partial charge in [-0.1, -0.05) is 0 Å². The number of aromatic nitrogens is 2. The molecule has 11 nitrogen and oxygen atoms in total. The Morgan fingerprint density at radius 1 is 1.41 bits per heavy atom. The fourth-order valence-corrected chi connectivity index (χ4v) is 2.23. The van der Waals surface area contributed by atoms with Crippen LogP contribution >= 0.6 is 7.82 Å². The Hall–Kier alpha value is 0.306. The van der Waals surface area contributed by atoms with Crippen LogP contribution in [0.4, 0.5) is 5.82 Å². The molecule has 1 aliphatic rings. The maximum absolute atomic E-state index is 11.6. The van der Waals surface area contributed by atoms with E-state index >= 15 is 0 Å². The zero-order valence-electron chi connectivity index (χ0n) is 10.5. The summed E-state index contributed by atoms with van der Waals surface area (Å²) in [4.78, 5) is 32.3. The number of hydrogen-bond donors (Lipinski definition) is 5. The van der Waals surface area contributed by atoms with Gasteiger partial charge in [0.25, 0.3) is 0 Å². The molecule has 1 aromatic rings. The predicted molar refractivity (Wildman–Crippen MR) is 74.0 cm³/mol. The number of ether oxygens (including phenoxy) is 1. The molecule has 0 spiro atoms. The molecule has 13 heteroatoms. The number of nitrogens with zero attached hydrogens (tertiary/aromatic N) is 2. The molecule has 4 atom stereocenters. The molecule has 0 bridgehead atoms. The van der Waals surface area contributed by atoms with Crippen LogP contribution < -0.4 is 11.4 Å². The zero-order chi connectivity index (χ0) is 15.8. The van der Waals surface area contributed by atoms with Gasteiger partial charge in [-0.2, -0.15) is 4.98 Å². The summed E-state index contributed by atoms with van der Waals surface area (Å²) in [5, 5.41) is 19.6. The van der Waals surface area contributed by atoms with Crippen molar-refractivity contribution >= 4 is 65.0 Å². The van der Waals surface area contributed by atoms with Gasteiger partial charge in [0.05, 0.1) is 6.61 Å². The second-order valence-corrected chi connectivity index (χ2v) is 5.61. The zero-order valence-corrected chi connectivity index (χ0v) is 11.4. The van der Waals surface area contributed by atoms with Crippen LogP contribution in [-0.2, 0) is 13.8 Å². The van der Waals surface area contributed by atoms with Gasteiger partial charge >= 0.3 is 64.9 Å². The average Bonchev–Trinajstić information content (AvgIpc) is 2.64. The van der Waals surface area contributed by atoms with Gasteiger partial charge in [0.1, 0.15) is 24.1 Å². The fourth-order valence-electron chi connectivity index (χ4n) is 1.89. The molecule has 0 amide bonds. The van der Waals surface area contributed by atoms with Crippen LogP contribution in [0.1, 0.15) is 6.23 Å². The summed E-state index contributed by atoms with van der Waals surface area (Å²) in [7, 11) is -4.74. The fraction of sp³-hybridized carbons (Fsp3) is 0.556. The molecule has 1 aliphatic heterocycles. The van der Waals surface area contributed by atoms with Gasteiger partial charge < -0.3 is 30.5 Å². The van der Waals surface area contributed by atoms with Crippen LogP contribution in [0.2, 0.25) is 0 Å². The van der Waals surface area contributed by atoms with Crippen LogP contribution in [-0.4, -0.2) is 106 Å². The van der Waals surface area contributed by atoms with E-state index in [0.717, 1.165) is 4.57 Å². The SMILES string of the molecule is Nc1ccn([C@H]2O[C@H](COP(=O)(O)O)[C@@H](O)[C@H]2O)c(=O)n1.[KH]. The van der Waals surface area contributed by atoms with E-state index in [2.05, 4.69) is 9.51 Å². The first kappa shape index (κ1) is 20.4. The third kappa shape index (κ3) is 4.90. The van der Waals surface area contributed by atoms with Crippen molar-refractivity contribution in [3.05, 3.63) is 22.7 Å². The molecule has 2 heterocycles. The minimum absolute atomic E-state index is 0. The Morgan fingerprint density at radius 2 is 2.05 bits per heavy atom. The normalized spacial score (nSPS) is 28.4. The number of anilines is 1. The van der Waals surface area contributed by atoms with Crippen molar-refractivity contribution in [2.45, 2.75) is 24.5 Å². The molecule has 1 saturated heterocycles. The van der Waals surface area contributed by atoms with E-state index in [4.69, 9.17) is 20.3 Å². The minimum atomic E-state index is -4.74. The molecular formula is C9H15KN3O8P. The Bertz CT molecular complexity index is 621. The van der Waals surface area contributed by atoms with Crippen molar-refractivity contribution in [3.8, 4) is 0 Å². The molecule has 0 radical (unpaired) electrons. The first-order valence-electron chi connectivity index (χ1n) is 5.75. The van der Waals surface area contributed by atoms with E-state index in [1.54, 1.807) is 0 Å². The molecule has 6 N–H and O–H groups in total. The number of aliphatic hydroxyl groups is 2. The summed E-state index contributed by atoms with van der Waals surface area (Å²) >= 11 is 0. The van der Waals surface area contributed by atoms with Gasteiger partial charge in [0, 0.05) is 6.20 Å². The summed E-state index contributed by atoms with van der Waals surface area (Å²) in [5.74, 6) is -0.0225. The van der Waals surface area contributed by atoms with E-state index in [-0.39, 0.29) is 57.2 Å². The number of aliphatic hydroxyl groups excluding tert-OH is 2. The van der Waals surface area contributed by atoms with Gasteiger partial charge in [-0.15, -0.1) is 0 Å². The van der Waals surface area contributed by atoms with Crippen molar-refractivity contribution < 1.29 is 33.8 Å². The summed E-state index contributed by atoms with van der Waals surface area (Å²) in [5.41, 5.74) is 4.52. The molecule has 1 fully saturated rings. The van der Waals surface area contributed by atoms with Crippen LogP contribution in [0.5, 0.6) is 0 Å². The van der Waals surface area contributed by atoms with Gasteiger partial charge in [-0.05, 0) is 6.07 Å². The van der Waals surface area contributed by atoms with Gasteiger partial charge in [-0.3, -0.25) is 9.09 Å². The quantitative estimate of drug-likeness (QED) is 0.272. The predicted octanol–water partition coefficient (Wildman–Crippen LogP) is -3.09. The molecule has 0 aromatic carbocycles. The van der Waals surface area contributed by atoms with E-state index in [1.807, 2.05) is 0 Å². The third-order valence-corrected chi connectivity index (χ3v) is 3.36. The Balaban J connectivity index is 0.00000242. The molecule has 0 aliphatic carbocycles. The summed E-state index contributed by atoms with van der Waals surface area (Å²) in [6, 6.07) is 1.29. The standard InChI is InChI=1S/C9H14N3O8P.K.H/c10-5-1-2-12(9(15)11-5)8-7(14)6(13)4(20-8)3-19-21(16,17)18;;/h1-2,4,6-8,13-14H,3H2,(H2,10,11,15)(H2,16,17,18);;/t4-,6-,7-,8+;;/m1../s1. The number of nitrogen functional groups attached to an aromatic ring is 1. The van der Waals surface area contributed by atoms with Crippen LogP contribution in [0, 0.1) is 0 Å². The Labute approximate surface area is 166 Å². The molecule has 0 unspecified atom stereocenters. The average molecular weight is 363 g/mol. The topological polar surface area (TPSA) is 177 Å². The first-order chi connectivity index (χ1) is 9.69. The van der Waals surface area contributed by atoms with Crippen molar-refractivity contribution in [2.75, 3.05) is 12.3 Å². The van der Waals surface area contributed by atoms with Crippen molar-refractivity contribution in [1.29, 1.82) is 0 Å². The molecule has 0 saturated carbocycles. The second-order valence-electron chi connectivity index (χ2n) is 4.37. The van der Waals surface area contributed by atoms with E-state index in [1.165, 1.54) is 12.3 Å². The number of phosphoric ester groups is 1. The molecule has 120 valence electrons. The molecule has 22 heavy (non-hydrogen) atoms. The summed E-state index contributed by atoms with van der Waals surface area (Å²) in [6.45, 7) is -0.657. The summed E-state index contributed by atoms with van der Waals surface area (Å²) in [6.07, 6.45) is -4.27. The van der Waals surface area contributed by atoms with Gasteiger partial charge in [-0.25, -0.2) is 9.36 Å². The van der Waals surface area contributed by atoms with Crippen molar-refractivity contribution in [3.63, 3.8) is 0 Å². The molecular weight excluding hydrogens is 348 g/mol. The van der Waals surface area contributed by atoms with E-state index in [9.17, 15) is 19.6 Å². The number of phosphoric acid groups is 1. The monoisotopic (exact) mass is 363 g/mol. The Morgan fingerprint density at radius 3 is 2.59 bits per heavy atom. The Kier molecular flexibility index (Phi) is 7.33.